The third kappa shape index (κ3) is 2.77. The topological polar surface area (TPSA) is 67.4 Å². The summed E-state index contributed by atoms with van der Waals surface area (Å²) in [7, 11) is 0. The minimum absolute atomic E-state index is 0.182. The van der Waals surface area contributed by atoms with Crippen molar-refractivity contribution in [2.24, 2.45) is 0 Å². The Labute approximate surface area is 139 Å². The van der Waals surface area contributed by atoms with Gasteiger partial charge in [0.1, 0.15) is 6.10 Å². The summed E-state index contributed by atoms with van der Waals surface area (Å²) < 4.78 is 5.23. The molecule has 0 unspecified atom stereocenters. The largest absolute Gasteiger partial charge is 0.442 e. The molecule has 1 saturated carbocycles. The van der Waals surface area contributed by atoms with Crippen molar-refractivity contribution in [3.05, 3.63) is 46.6 Å². The van der Waals surface area contributed by atoms with Gasteiger partial charge in [-0.25, -0.2) is 16.2 Å². The molecule has 122 valence electrons. The molecule has 0 spiro atoms. The number of ether oxygens (including phenoxy) is 1. The van der Waals surface area contributed by atoms with Crippen LogP contribution in [0.5, 0.6) is 0 Å². The molecule has 1 saturated heterocycles. The minimum Gasteiger partial charge on any atom is -0.442 e. The molecule has 1 aromatic carbocycles. The lowest BCUT2D eigenvalue weighted by molar-refractivity contribution is -0.119. The van der Waals surface area contributed by atoms with E-state index < -0.39 is 17.7 Å². The SMILES string of the molecule is [C-]#[N+]c1cc(N2C[C@H](CNC(C)=O)OC2=O)ccc1C1([N+]#[C-])CC1. The van der Waals surface area contributed by atoms with Crippen LogP contribution in [0.2, 0.25) is 0 Å². The van der Waals surface area contributed by atoms with Crippen molar-refractivity contribution >= 4 is 23.4 Å². The normalized spacial score (nSPS) is 20.7. The zero-order chi connectivity index (χ0) is 17.3. The second kappa shape index (κ2) is 5.86. The van der Waals surface area contributed by atoms with E-state index in [-0.39, 0.29) is 12.5 Å². The van der Waals surface area contributed by atoms with E-state index in [1.165, 1.54) is 11.8 Å². The van der Waals surface area contributed by atoms with E-state index in [0.29, 0.717) is 17.9 Å². The van der Waals surface area contributed by atoms with E-state index in [9.17, 15) is 9.59 Å². The highest BCUT2D eigenvalue weighted by Crippen LogP contribution is 2.53. The lowest BCUT2D eigenvalue weighted by Crippen LogP contribution is -2.33. The lowest BCUT2D eigenvalue weighted by atomic mass is 10.0. The quantitative estimate of drug-likeness (QED) is 0.866. The fraction of sp³-hybridized carbons (Fsp3) is 0.412. The van der Waals surface area contributed by atoms with Gasteiger partial charge in [-0.3, -0.25) is 9.69 Å². The zero-order valence-electron chi connectivity index (χ0n) is 13.2. The van der Waals surface area contributed by atoms with Gasteiger partial charge in [-0.2, -0.15) is 0 Å². The first-order chi connectivity index (χ1) is 11.5. The zero-order valence-corrected chi connectivity index (χ0v) is 13.2. The van der Waals surface area contributed by atoms with Crippen LogP contribution in [-0.4, -0.2) is 31.2 Å². The monoisotopic (exact) mass is 324 g/mol. The molecule has 24 heavy (non-hydrogen) atoms. The third-order valence-corrected chi connectivity index (χ3v) is 4.31. The lowest BCUT2D eigenvalue weighted by Gasteiger charge is -2.15. The van der Waals surface area contributed by atoms with Gasteiger partial charge in [0.15, 0.2) is 5.69 Å². The Morgan fingerprint density at radius 3 is 2.79 bits per heavy atom. The molecule has 1 heterocycles. The highest BCUT2D eigenvalue weighted by Gasteiger charge is 2.53. The van der Waals surface area contributed by atoms with E-state index in [1.807, 2.05) is 0 Å². The van der Waals surface area contributed by atoms with Crippen molar-refractivity contribution in [2.75, 3.05) is 18.0 Å². The highest BCUT2D eigenvalue weighted by molar-refractivity contribution is 5.91. The molecule has 0 aromatic heterocycles. The van der Waals surface area contributed by atoms with Gasteiger partial charge in [0.05, 0.1) is 19.7 Å². The number of carbonyl (C=O) groups excluding carboxylic acids is 2. The molecule has 1 N–H and O–H groups in total. The van der Waals surface area contributed by atoms with Crippen LogP contribution < -0.4 is 10.2 Å². The molecule has 0 bridgehead atoms. The van der Waals surface area contributed by atoms with E-state index in [4.69, 9.17) is 17.9 Å². The first-order valence-corrected chi connectivity index (χ1v) is 7.62. The Hall–Kier alpha value is -3.06. The smallest absolute Gasteiger partial charge is 0.414 e. The number of amides is 2. The summed E-state index contributed by atoms with van der Waals surface area (Å²) in [4.78, 5) is 31.6. The second-order valence-electron chi connectivity index (χ2n) is 6.01. The number of nitrogens with one attached hydrogen (secondary N) is 1. The third-order valence-electron chi connectivity index (χ3n) is 4.31. The Kier molecular flexibility index (Phi) is 3.86. The summed E-state index contributed by atoms with van der Waals surface area (Å²) in [6.45, 7) is 16.7. The number of hydrogen-bond acceptors (Lipinski definition) is 3. The van der Waals surface area contributed by atoms with Crippen LogP contribution in [0.1, 0.15) is 25.3 Å². The molecule has 0 radical (unpaired) electrons. The van der Waals surface area contributed by atoms with Gasteiger partial charge < -0.3 is 14.9 Å². The number of carbonyl (C=O) groups is 2. The van der Waals surface area contributed by atoms with Crippen molar-refractivity contribution in [1.29, 1.82) is 0 Å². The summed E-state index contributed by atoms with van der Waals surface area (Å²) in [6, 6.07) is 5.15. The fourth-order valence-corrected chi connectivity index (χ4v) is 2.83. The maximum atomic E-state index is 12.0. The average Bonchev–Trinajstić information content (AvgIpc) is 3.29. The number of rotatable bonds is 4. The Balaban J connectivity index is 1.81. The molecule has 2 amide bonds. The number of hydrogen-bond donors (Lipinski definition) is 1. The average molecular weight is 324 g/mol. The fourth-order valence-electron chi connectivity index (χ4n) is 2.83. The molecule has 3 rings (SSSR count). The van der Waals surface area contributed by atoms with Crippen LogP contribution in [0.4, 0.5) is 16.2 Å². The van der Waals surface area contributed by atoms with E-state index in [0.717, 1.165) is 18.4 Å². The van der Waals surface area contributed by atoms with Crippen LogP contribution in [0.25, 0.3) is 9.69 Å². The van der Waals surface area contributed by atoms with Gasteiger partial charge in [-0.1, -0.05) is 6.07 Å². The van der Waals surface area contributed by atoms with Crippen LogP contribution in [0.15, 0.2) is 18.2 Å². The molecule has 1 aliphatic carbocycles. The Bertz CT molecular complexity index is 786. The van der Waals surface area contributed by atoms with Gasteiger partial charge in [-0.15, -0.1) is 0 Å². The standard InChI is InChI=1S/C17H16N4O3/c1-11(22)20-9-13-10-21(16(23)24-13)12-4-5-14(15(8-12)18-2)17(19-3)6-7-17/h4-5,8,13H,6-7,9-10H2,1H3,(H,20,22)/t13-/m0/s1. The van der Waals surface area contributed by atoms with Crippen LogP contribution in [-0.2, 0) is 15.1 Å². The van der Waals surface area contributed by atoms with Crippen LogP contribution in [0, 0.1) is 13.1 Å². The summed E-state index contributed by atoms with van der Waals surface area (Å²) in [5.41, 5.74) is 1.15. The van der Waals surface area contributed by atoms with Crippen molar-refractivity contribution in [2.45, 2.75) is 31.4 Å². The molecule has 2 aliphatic rings. The summed E-state index contributed by atoms with van der Waals surface area (Å²) in [6.07, 6.45) is 0.613. The molecule has 7 nitrogen and oxygen atoms in total. The second-order valence-corrected chi connectivity index (χ2v) is 6.01. The van der Waals surface area contributed by atoms with Crippen LogP contribution >= 0.6 is 0 Å². The van der Waals surface area contributed by atoms with Crippen molar-refractivity contribution in [3.8, 4) is 0 Å². The van der Waals surface area contributed by atoms with Crippen molar-refractivity contribution < 1.29 is 14.3 Å². The maximum absolute atomic E-state index is 12.0. The van der Waals surface area contributed by atoms with Crippen LogP contribution in [0.3, 0.4) is 0 Å². The molecule has 1 atom stereocenters. The Morgan fingerprint density at radius 1 is 1.46 bits per heavy atom. The van der Waals surface area contributed by atoms with E-state index in [2.05, 4.69) is 15.0 Å². The van der Waals surface area contributed by atoms with Gasteiger partial charge in [0.25, 0.3) is 0 Å². The van der Waals surface area contributed by atoms with Gasteiger partial charge in [0, 0.05) is 31.0 Å². The van der Waals surface area contributed by atoms with Gasteiger partial charge in [0.2, 0.25) is 11.4 Å². The van der Waals surface area contributed by atoms with Crippen molar-refractivity contribution in [1.82, 2.24) is 5.32 Å². The molecule has 1 aromatic rings. The summed E-state index contributed by atoms with van der Waals surface area (Å²) in [5, 5.41) is 2.62. The first kappa shape index (κ1) is 15.8. The number of benzene rings is 1. The van der Waals surface area contributed by atoms with E-state index >= 15 is 0 Å². The molecular weight excluding hydrogens is 308 g/mol. The Morgan fingerprint density at radius 2 is 2.21 bits per heavy atom. The summed E-state index contributed by atoms with van der Waals surface area (Å²) >= 11 is 0. The maximum Gasteiger partial charge on any atom is 0.414 e. The van der Waals surface area contributed by atoms with Gasteiger partial charge >= 0.3 is 6.09 Å². The van der Waals surface area contributed by atoms with Gasteiger partial charge in [-0.05, 0) is 12.1 Å². The van der Waals surface area contributed by atoms with Crippen molar-refractivity contribution in [3.63, 3.8) is 0 Å². The van der Waals surface area contributed by atoms with E-state index in [1.54, 1.807) is 18.2 Å². The number of cyclic esters (lactones) is 1. The highest BCUT2D eigenvalue weighted by atomic mass is 16.6. The molecule has 1 aliphatic heterocycles. The molecular formula is C17H16N4O3. The minimum atomic E-state index is -0.558. The predicted molar refractivity (Wildman–Crippen MR) is 86.5 cm³/mol. The molecule has 2 fully saturated rings. The first-order valence-electron chi connectivity index (χ1n) is 7.62. The molecule has 7 heteroatoms. The number of anilines is 1. The number of nitrogens with zero attached hydrogens (tertiary/aromatic N) is 3. The summed E-state index contributed by atoms with van der Waals surface area (Å²) in [5.74, 6) is -0.182. The predicted octanol–water partition coefficient (Wildman–Crippen LogP) is 2.61.